The molecule has 2 aromatic rings. The average Bonchev–Trinajstić information content (AvgIpc) is 2.98. The molecule has 4 rings (SSSR count). The predicted octanol–water partition coefficient (Wildman–Crippen LogP) is 4.03. The Hall–Kier alpha value is -2.33. The van der Waals surface area contributed by atoms with Gasteiger partial charge in [0.25, 0.3) is 0 Å². The molecule has 2 aromatic carbocycles. The van der Waals surface area contributed by atoms with Gasteiger partial charge in [-0.05, 0) is 66.6 Å². The van der Waals surface area contributed by atoms with Crippen molar-refractivity contribution < 1.29 is 14.3 Å². The molecule has 1 amide bonds. The minimum atomic E-state index is -0.339. The number of esters is 1. The van der Waals surface area contributed by atoms with E-state index in [1.165, 1.54) is 12.7 Å². The van der Waals surface area contributed by atoms with Crippen LogP contribution in [-0.4, -0.2) is 30.4 Å². The molecule has 2 aliphatic rings. The van der Waals surface area contributed by atoms with Crippen molar-refractivity contribution in [3.05, 3.63) is 69.7 Å². The standard InChI is InChI=1S/C22H22ClNO3/c1-27-20(25)17-5-4-16-8-9-22(13-18(16)12-17)10-11-24(21(22)26)14-15-2-6-19(23)7-3-15/h2-7,12H,8-11,13-14H2,1H3. The molecule has 0 N–H and O–H groups in total. The zero-order chi connectivity index (χ0) is 19.0. The Balaban J connectivity index is 1.54. The van der Waals surface area contributed by atoms with Crippen molar-refractivity contribution in [1.82, 2.24) is 4.90 Å². The van der Waals surface area contributed by atoms with Crippen LogP contribution in [0, 0.1) is 5.41 Å². The predicted molar refractivity (Wildman–Crippen MR) is 104 cm³/mol. The number of hydrogen-bond donors (Lipinski definition) is 0. The quantitative estimate of drug-likeness (QED) is 0.751. The molecular formula is C22H22ClNO3. The molecular weight excluding hydrogens is 362 g/mol. The number of halogens is 1. The summed E-state index contributed by atoms with van der Waals surface area (Å²) in [6.45, 7) is 1.39. The second-order valence-corrected chi connectivity index (χ2v) is 7.97. The Morgan fingerprint density at radius 3 is 2.67 bits per heavy atom. The molecule has 0 radical (unpaired) electrons. The maximum atomic E-state index is 13.2. The van der Waals surface area contributed by atoms with E-state index in [4.69, 9.17) is 16.3 Å². The van der Waals surface area contributed by atoms with Crippen LogP contribution in [0.1, 0.15) is 39.9 Å². The molecule has 5 heteroatoms. The number of methoxy groups -OCH3 is 1. The molecule has 1 heterocycles. The minimum absolute atomic E-state index is 0.228. The highest BCUT2D eigenvalue weighted by molar-refractivity contribution is 6.30. The van der Waals surface area contributed by atoms with Gasteiger partial charge in [-0.25, -0.2) is 4.79 Å². The first-order valence-corrected chi connectivity index (χ1v) is 9.62. The second-order valence-electron chi connectivity index (χ2n) is 7.54. The summed E-state index contributed by atoms with van der Waals surface area (Å²) in [7, 11) is 1.39. The van der Waals surface area contributed by atoms with Crippen molar-refractivity contribution in [2.24, 2.45) is 5.41 Å². The summed E-state index contributed by atoms with van der Waals surface area (Å²) in [6.07, 6.45) is 3.30. The summed E-state index contributed by atoms with van der Waals surface area (Å²) in [5.41, 5.74) is 3.64. The molecule has 1 aliphatic carbocycles. The van der Waals surface area contributed by atoms with E-state index in [0.29, 0.717) is 23.6 Å². The highest BCUT2D eigenvalue weighted by Crippen LogP contribution is 2.44. The van der Waals surface area contributed by atoms with E-state index in [1.807, 2.05) is 47.4 Å². The number of aryl methyl sites for hydroxylation is 1. The molecule has 1 aliphatic heterocycles. The summed E-state index contributed by atoms with van der Waals surface area (Å²) >= 11 is 5.95. The third-order valence-electron chi connectivity index (χ3n) is 5.92. The Morgan fingerprint density at radius 1 is 1.15 bits per heavy atom. The van der Waals surface area contributed by atoms with Gasteiger partial charge in [0.05, 0.1) is 18.1 Å². The van der Waals surface area contributed by atoms with Crippen molar-refractivity contribution in [2.75, 3.05) is 13.7 Å². The summed E-state index contributed by atoms with van der Waals surface area (Å²) in [5.74, 6) is -0.105. The molecule has 140 valence electrons. The first-order valence-electron chi connectivity index (χ1n) is 9.25. The lowest BCUT2D eigenvalue weighted by Crippen LogP contribution is -2.38. The number of nitrogens with zero attached hydrogens (tertiary/aromatic N) is 1. The van der Waals surface area contributed by atoms with Crippen LogP contribution in [-0.2, 0) is 28.9 Å². The molecule has 1 fully saturated rings. The van der Waals surface area contributed by atoms with Gasteiger partial charge in [0.1, 0.15) is 0 Å². The Labute approximate surface area is 164 Å². The fraction of sp³-hybridized carbons (Fsp3) is 0.364. The highest BCUT2D eigenvalue weighted by atomic mass is 35.5. The van der Waals surface area contributed by atoms with Gasteiger partial charge in [0.2, 0.25) is 5.91 Å². The van der Waals surface area contributed by atoms with E-state index in [0.717, 1.165) is 36.9 Å². The zero-order valence-corrected chi connectivity index (χ0v) is 16.1. The van der Waals surface area contributed by atoms with Gasteiger partial charge in [-0.2, -0.15) is 0 Å². The van der Waals surface area contributed by atoms with Gasteiger partial charge in [0.15, 0.2) is 0 Å². The second kappa shape index (κ2) is 7.01. The largest absolute Gasteiger partial charge is 0.465 e. The highest BCUT2D eigenvalue weighted by Gasteiger charge is 2.48. The third kappa shape index (κ3) is 3.34. The monoisotopic (exact) mass is 383 g/mol. The molecule has 4 nitrogen and oxygen atoms in total. The number of carbonyl (C=O) groups excluding carboxylic acids is 2. The van der Waals surface area contributed by atoms with E-state index in [1.54, 1.807) is 0 Å². The number of carbonyl (C=O) groups is 2. The Morgan fingerprint density at radius 2 is 1.93 bits per heavy atom. The van der Waals surface area contributed by atoms with Crippen molar-refractivity contribution >= 4 is 23.5 Å². The fourth-order valence-corrected chi connectivity index (χ4v) is 4.48. The first kappa shape index (κ1) is 18.1. The van der Waals surface area contributed by atoms with Crippen molar-refractivity contribution in [1.29, 1.82) is 0 Å². The number of likely N-dealkylation sites (tertiary alicyclic amines) is 1. The number of rotatable bonds is 3. The molecule has 1 atom stereocenters. The number of fused-ring (bicyclic) bond motifs is 1. The summed E-state index contributed by atoms with van der Waals surface area (Å²) in [4.78, 5) is 27.1. The SMILES string of the molecule is COC(=O)c1ccc2c(c1)CC1(CC2)CCN(Cc2ccc(Cl)cc2)C1=O. The summed E-state index contributed by atoms with van der Waals surface area (Å²) in [5, 5.41) is 0.702. The summed E-state index contributed by atoms with van der Waals surface area (Å²) < 4.78 is 4.83. The van der Waals surface area contributed by atoms with Gasteiger partial charge in [-0.15, -0.1) is 0 Å². The lowest BCUT2D eigenvalue weighted by atomic mass is 9.70. The molecule has 0 bridgehead atoms. The lowest BCUT2D eigenvalue weighted by molar-refractivity contribution is -0.137. The number of hydrogen-bond acceptors (Lipinski definition) is 3. The van der Waals surface area contributed by atoms with Crippen LogP contribution < -0.4 is 0 Å². The van der Waals surface area contributed by atoms with Gasteiger partial charge < -0.3 is 9.64 Å². The molecule has 1 spiro atoms. The van der Waals surface area contributed by atoms with Crippen molar-refractivity contribution in [3.63, 3.8) is 0 Å². The zero-order valence-electron chi connectivity index (χ0n) is 15.3. The van der Waals surface area contributed by atoms with Crippen LogP contribution in [0.2, 0.25) is 5.02 Å². The van der Waals surface area contributed by atoms with Crippen LogP contribution in [0.25, 0.3) is 0 Å². The maximum Gasteiger partial charge on any atom is 0.337 e. The Bertz CT molecular complexity index is 893. The third-order valence-corrected chi connectivity index (χ3v) is 6.17. The fourth-order valence-electron chi connectivity index (χ4n) is 4.36. The van der Waals surface area contributed by atoms with Crippen LogP contribution >= 0.6 is 11.6 Å². The van der Waals surface area contributed by atoms with E-state index < -0.39 is 0 Å². The topological polar surface area (TPSA) is 46.6 Å². The van der Waals surface area contributed by atoms with Crippen LogP contribution in [0.15, 0.2) is 42.5 Å². The number of amides is 1. The number of ether oxygens (including phenoxy) is 1. The molecule has 27 heavy (non-hydrogen) atoms. The van der Waals surface area contributed by atoms with Gasteiger partial charge in [-0.3, -0.25) is 4.79 Å². The van der Waals surface area contributed by atoms with Crippen molar-refractivity contribution in [3.8, 4) is 0 Å². The van der Waals surface area contributed by atoms with Gasteiger partial charge in [-0.1, -0.05) is 29.8 Å². The van der Waals surface area contributed by atoms with Crippen LogP contribution in [0.4, 0.5) is 0 Å². The average molecular weight is 384 g/mol. The normalized spacial score (nSPS) is 21.4. The van der Waals surface area contributed by atoms with E-state index in [2.05, 4.69) is 0 Å². The maximum absolute atomic E-state index is 13.2. The molecule has 0 saturated carbocycles. The lowest BCUT2D eigenvalue weighted by Gasteiger charge is -2.33. The van der Waals surface area contributed by atoms with E-state index >= 15 is 0 Å². The Kier molecular flexibility index (Phi) is 4.68. The first-order chi connectivity index (χ1) is 13.0. The summed E-state index contributed by atoms with van der Waals surface area (Å²) in [6, 6.07) is 13.4. The van der Waals surface area contributed by atoms with Gasteiger partial charge in [0, 0.05) is 18.1 Å². The van der Waals surface area contributed by atoms with E-state index in [-0.39, 0.29) is 17.3 Å². The molecule has 0 aromatic heterocycles. The molecule has 1 saturated heterocycles. The van der Waals surface area contributed by atoms with Gasteiger partial charge >= 0.3 is 5.97 Å². The smallest absolute Gasteiger partial charge is 0.337 e. The van der Waals surface area contributed by atoms with Crippen molar-refractivity contribution in [2.45, 2.75) is 32.2 Å². The minimum Gasteiger partial charge on any atom is -0.465 e. The van der Waals surface area contributed by atoms with E-state index in [9.17, 15) is 9.59 Å². The van der Waals surface area contributed by atoms with Crippen LogP contribution in [0.3, 0.4) is 0 Å². The number of benzene rings is 2. The molecule has 1 unspecified atom stereocenters. The van der Waals surface area contributed by atoms with Crippen LogP contribution in [0.5, 0.6) is 0 Å².